The first-order valence-electron chi connectivity index (χ1n) is 12.5. The van der Waals surface area contributed by atoms with E-state index in [2.05, 4.69) is 0 Å². The summed E-state index contributed by atoms with van der Waals surface area (Å²) in [6.07, 6.45) is 0. The van der Waals surface area contributed by atoms with Crippen LogP contribution in [0.2, 0.25) is 5.02 Å². The quantitative estimate of drug-likeness (QED) is 0.228. The van der Waals surface area contributed by atoms with Gasteiger partial charge in [-0.2, -0.15) is 0 Å². The molecule has 39 heavy (non-hydrogen) atoms. The van der Waals surface area contributed by atoms with Gasteiger partial charge < -0.3 is 14.1 Å². The first-order chi connectivity index (χ1) is 18.9. The van der Waals surface area contributed by atoms with Gasteiger partial charge in [0, 0.05) is 11.6 Å². The van der Waals surface area contributed by atoms with Crippen molar-refractivity contribution in [1.29, 1.82) is 0 Å². The van der Waals surface area contributed by atoms with E-state index in [9.17, 15) is 14.0 Å². The van der Waals surface area contributed by atoms with Gasteiger partial charge in [-0.25, -0.2) is 4.39 Å². The summed E-state index contributed by atoms with van der Waals surface area (Å²) in [5.74, 6) is -0.189. The summed E-state index contributed by atoms with van der Waals surface area (Å²) in [7, 11) is 0. The van der Waals surface area contributed by atoms with Gasteiger partial charge in [-0.1, -0.05) is 66.2 Å². The number of amides is 1. The molecule has 5 aromatic rings. The van der Waals surface area contributed by atoms with E-state index in [0.717, 1.165) is 16.7 Å². The first kappa shape index (κ1) is 24.9. The zero-order chi connectivity index (χ0) is 27.1. The fourth-order valence-corrected chi connectivity index (χ4v) is 5.12. The predicted octanol–water partition coefficient (Wildman–Crippen LogP) is 7.22. The minimum Gasteiger partial charge on any atom is -0.489 e. The molecule has 1 aromatic heterocycles. The molecule has 1 aliphatic heterocycles. The summed E-state index contributed by atoms with van der Waals surface area (Å²) in [4.78, 5) is 29.2. The minimum atomic E-state index is -0.737. The Labute approximate surface area is 229 Å². The van der Waals surface area contributed by atoms with E-state index in [4.69, 9.17) is 20.8 Å². The Balaban J connectivity index is 1.46. The van der Waals surface area contributed by atoms with Crippen LogP contribution in [0.4, 0.5) is 4.39 Å². The normalized spacial score (nSPS) is 14.6. The zero-order valence-electron chi connectivity index (χ0n) is 21.0. The molecule has 1 atom stereocenters. The average Bonchev–Trinajstić information content (AvgIpc) is 3.22. The lowest BCUT2D eigenvalue weighted by Gasteiger charge is -2.25. The Bertz CT molecular complexity index is 1770. The fraction of sp³-hybridized carbons (Fsp3) is 0.125. The SMILES string of the molecule is Cc1cc2oc3c(c(=O)c2cc1Cl)C(c1cccc(OCc2ccccc2)c1)N(Cc1ccc(F)cc1)C3=O. The third kappa shape index (κ3) is 4.68. The third-order valence-corrected chi connectivity index (χ3v) is 7.34. The zero-order valence-corrected chi connectivity index (χ0v) is 21.7. The molecular formula is C32H23ClFNO4. The number of aryl methyl sites for hydroxylation is 1. The molecule has 0 saturated heterocycles. The molecule has 194 valence electrons. The van der Waals surface area contributed by atoms with Gasteiger partial charge in [0.05, 0.1) is 17.0 Å². The molecule has 2 heterocycles. The highest BCUT2D eigenvalue weighted by molar-refractivity contribution is 6.32. The summed E-state index contributed by atoms with van der Waals surface area (Å²) in [5.41, 5.74) is 3.39. The standard InChI is InChI=1S/C32H23ClFNO4/c1-19-14-27-25(16-26(19)33)30(36)28-29(22-8-5-9-24(15-22)38-18-21-6-3-2-4-7-21)35(32(37)31(28)39-27)17-20-10-12-23(34)13-11-20/h2-16,29H,17-18H2,1H3. The Morgan fingerprint density at radius 3 is 2.46 bits per heavy atom. The Morgan fingerprint density at radius 1 is 0.923 bits per heavy atom. The Morgan fingerprint density at radius 2 is 1.69 bits per heavy atom. The van der Waals surface area contributed by atoms with Crippen LogP contribution in [0, 0.1) is 12.7 Å². The van der Waals surface area contributed by atoms with Crippen molar-refractivity contribution < 1.29 is 18.3 Å². The summed E-state index contributed by atoms with van der Waals surface area (Å²) < 4.78 is 25.7. The molecular weight excluding hydrogens is 517 g/mol. The van der Waals surface area contributed by atoms with Gasteiger partial charge in [-0.3, -0.25) is 9.59 Å². The van der Waals surface area contributed by atoms with Crippen LogP contribution in [-0.4, -0.2) is 10.8 Å². The summed E-state index contributed by atoms with van der Waals surface area (Å²) in [6, 6.07) is 25.6. The highest BCUT2D eigenvalue weighted by atomic mass is 35.5. The van der Waals surface area contributed by atoms with Crippen molar-refractivity contribution in [2.75, 3.05) is 0 Å². The van der Waals surface area contributed by atoms with Crippen LogP contribution in [-0.2, 0) is 13.2 Å². The number of fused-ring (bicyclic) bond motifs is 2. The van der Waals surface area contributed by atoms with Crippen molar-refractivity contribution in [1.82, 2.24) is 4.90 Å². The molecule has 1 amide bonds. The molecule has 6 rings (SSSR count). The summed E-state index contributed by atoms with van der Waals surface area (Å²) >= 11 is 6.34. The maximum absolute atomic E-state index is 13.9. The molecule has 0 bridgehead atoms. The van der Waals surface area contributed by atoms with Gasteiger partial charge in [-0.15, -0.1) is 0 Å². The topological polar surface area (TPSA) is 59.8 Å². The van der Waals surface area contributed by atoms with Crippen molar-refractivity contribution in [2.24, 2.45) is 0 Å². The number of halogens is 2. The number of hydrogen-bond acceptors (Lipinski definition) is 4. The number of carbonyl (C=O) groups is 1. The highest BCUT2D eigenvalue weighted by Crippen LogP contribution is 2.40. The molecule has 0 saturated carbocycles. The molecule has 0 aliphatic carbocycles. The van der Waals surface area contributed by atoms with Gasteiger partial charge in [0.25, 0.3) is 5.91 Å². The van der Waals surface area contributed by atoms with E-state index in [-0.39, 0.29) is 29.1 Å². The maximum Gasteiger partial charge on any atom is 0.291 e. The van der Waals surface area contributed by atoms with Crippen molar-refractivity contribution in [2.45, 2.75) is 26.1 Å². The summed E-state index contributed by atoms with van der Waals surface area (Å²) in [6.45, 7) is 2.33. The fourth-order valence-electron chi connectivity index (χ4n) is 4.95. The Hall–Kier alpha value is -4.42. The molecule has 0 N–H and O–H groups in total. The van der Waals surface area contributed by atoms with E-state index in [0.29, 0.717) is 33.9 Å². The van der Waals surface area contributed by atoms with Crippen molar-refractivity contribution in [3.05, 3.63) is 146 Å². The van der Waals surface area contributed by atoms with Crippen molar-refractivity contribution in [3.8, 4) is 5.75 Å². The van der Waals surface area contributed by atoms with Gasteiger partial charge in [-0.05, 0) is 65.6 Å². The Kier molecular flexibility index (Phi) is 6.41. The molecule has 7 heteroatoms. The molecule has 0 fully saturated rings. The van der Waals surface area contributed by atoms with E-state index >= 15 is 0 Å². The van der Waals surface area contributed by atoms with Gasteiger partial charge in [0.2, 0.25) is 5.76 Å². The maximum atomic E-state index is 13.9. The largest absolute Gasteiger partial charge is 0.489 e. The number of hydrogen-bond donors (Lipinski definition) is 0. The smallest absolute Gasteiger partial charge is 0.291 e. The number of ether oxygens (including phenoxy) is 1. The van der Waals surface area contributed by atoms with E-state index in [1.807, 2.05) is 54.6 Å². The lowest BCUT2D eigenvalue weighted by molar-refractivity contribution is 0.0714. The van der Waals surface area contributed by atoms with Crippen LogP contribution in [0.3, 0.4) is 0 Å². The first-order valence-corrected chi connectivity index (χ1v) is 12.9. The number of benzene rings is 4. The second-order valence-corrected chi connectivity index (χ2v) is 9.99. The van der Waals surface area contributed by atoms with Crippen LogP contribution >= 0.6 is 11.6 Å². The van der Waals surface area contributed by atoms with Gasteiger partial charge >= 0.3 is 0 Å². The number of carbonyl (C=O) groups excluding carboxylic acids is 1. The van der Waals surface area contributed by atoms with Crippen LogP contribution in [0.5, 0.6) is 5.75 Å². The molecule has 4 aromatic carbocycles. The van der Waals surface area contributed by atoms with Gasteiger partial charge in [0.1, 0.15) is 23.8 Å². The lowest BCUT2D eigenvalue weighted by atomic mass is 9.97. The molecule has 1 aliphatic rings. The van der Waals surface area contributed by atoms with Crippen molar-refractivity contribution in [3.63, 3.8) is 0 Å². The van der Waals surface area contributed by atoms with E-state index < -0.39 is 11.9 Å². The number of rotatable bonds is 6. The summed E-state index contributed by atoms with van der Waals surface area (Å²) in [5, 5.41) is 0.748. The van der Waals surface area contributed by atoms with E-state index in [1.165, 1.54) is 12.1 Å². The van der Waals surface area contributed by atoms with Crippen LogP contribution in [0.1, 0.15) is 44.4 Å². The van der Waals surface area contributed by atoms with Crippen LogP contribution in [0.15, 0.2) is 100 Å². The minimum absolute atomic E-state index is 0.00283. The number of nitrogens with zero attached hydrogens (tertiary/aromatic N) is 1. The van der Waals surface area contributed by atoms with Crippen molar-refractivity contribution >= 4 is 28.5 Å². The average molecular weight is 540 g/mol. The second-order valence-electron chi connectivity index (χ2n) is 9.58. The predicted molar refractivity (Wildman–Crippen MR) is 148 cm³/mol. The lowest BCUT2D eigenvalue weighted by Crippen LogP contribution is -2.29. The highest BCUT2D eigenvalue weighted by Gasteiger charge is 2.43. The molecule has 0 spiro atoms. The van der Waals surface area contributed by atoms with E-state index in [1.54, 1.807) is 36.1 Å². The van der Waals surface area contributed by atoms with Gasteiger partial charge in [0.15, 0.2) is 5.43 Å². The monoisotopic (exact) mass is 539 g/mol. The molecule has 5 nitrogen and oxygen atoms in total. The van der Waals surface area contributed by atoms with Crippen LogP contribution < -0.4 is 10.2 Å². The van der Waals surface area contributed by atoms with Crippen LogP contribution in [0.25, 0.3) is 11.0 Å². The molecule has 0 radical (unpaired) electrons. The second kappa shape index (κ2) is 10.0. The third-order valence-electron chi connectivity index (χ3n) is 6.94. The molecule has 1 unspecified atom stereocenters.